The Morgan fingerprint density at radius 2 is 2.11 bits per heavy atom. The molecule has 1 aromatic rings. The number of aryl methyl sites for hydroxylation is 1. The molecule has 0 aromatic carbocycles. The van der Waals surface area contributed by atoms with Crippen LogP contribution in [0, 0.1) is 5.41 Å². The Balaban J connectivity index is 1.82. The standard InChI is InChI=1S/C14H23N3O/c1-14(2)6-9-16(11-14)7-3-8-17-10-12(15)4-5-13(17)18/h4-5,10H,3,6-9,11,15H2,1-2H3. The van der Waals surface area contributed by atoms with Crippen molar-refractivity contribution < 1.29 is 0 Å². The van der Waals surface area contributed by atoms with Crippen LogP contribution in [0.25, 0.3) is 0 Å². The summed E-state index contributed by atoms with van der Waals surface area (Å²) in [7, 11) is 0. The van der Waals surface area contributed by atoms with Crippen LogP contribution in [0.4, 0.5) is 5.69 Å². The molecule has 0 spiro atoms. The van der Waals surface area contributed by atoms with Gasteiger partial charge in [-0.2, -0.15) is 0 Å². The Hall–Kier alpha value is -1.29. The summed E-state index contributed by atoms with van der Waals surface area (Å²) in [6, 6.07) is 3.19. The van der Waals surface area contributed by atoms with Gasteiger partial charge in [-0.15, -0.1) is 0 Å². The van der Waals surface area contributed by atoms with Crippen molar-refractivity contribution in [1.29, 1.82) is 0 Å². The van der Waals surface area contributed by atoms with Crippen LogP contribution in [-0.2, 0) is 6.54 Å². The summed E-state index contributed by atoms with van der Waals surface area (Å²) < 4.78 is 1.70. The Bertz CT molecular complexity index is 464. The predicted molar refractivity (Wildman–Crippen MR) is 74.6 cm³/mol. The highest BCUT2D eigenvalue weighted by molar-refractivity contribution is 5.33. The lowest BCUT2D eigenvalue weighted by molar-refractivity contribution is 0.282. The van der Waals surface area contributed by atoms with E-state index < -0.39 is 0 Å². The number of anilines is 1. The van der Waals surface area contributed by atoms with Crippen molar-refractivity contribution >= 4 is 5.69 Å². The van der Waals surface area contributed by atoms with Gasteiger partial charge in [0.2, 0.25) is 0 Å². The molecule has 4 nitrogen and oxygen atoms in total. The normalized spacial score (nSPS) is 19.2. The second-order valence-corrected chi connectivity index (χ2v) is 6.04. The maximum Gasteiger partial charge on any atom is 0.250 e. The maximum atomic E-state index is 11.6. The summed E-state index contributed by atoms with van der Waals surface area (Å²) in [4.78, 5) is 14.1. The van der Waals surface area contributed by atoms with E-state index in [9.17, 15) is 4.79 Å². The average molecular weight is 249 g/mol. The molecule has 0 amide bonds. The molecular formula is C14H23N3O. The van der Waals surface area contributed by atoms with Gasteiger partial charge in [-0.3, -0.25) is 4.79 Å². The van der Waals surface area contributed by atoms with Crippen LogP contribution in [0.3, 0.4) is 0 Å². The molecule has 100 valence electrons. The lowest BCUT2D eigenvalue weighted by atomic mass is 9.93. The Labute approximate surface area is 108 Å². The van der Waals surface area contributed by atoms with Crippen molar-refractivity contribution in [3.63, 3.8) is 0 Å². The summed E-state index contributed by atoms with van der Waals surface area (Å²) in [5.74, 6) is 0. The summed E-state index contributed by atoms with van der Waals surface area (Å²) >= 11 is 0. The first kappa shape index (κ1) is 13.1. The van der Waals surface area contributed by atoms with Crippen molar-refractivity contribution in [3.05, 3.63) is 28.7 Å². The molecule has 1 fully saturated rings. The molecule has 0 radical (unpaired) electrons. The zero-order chi connectivity index (χ0) is 13.2. The summed E-state index contributed by atoms with van der Waals surface area (Å²) in [5.41, 5.74) is 6.82. The number of nitrogens with two attached hydrogens (primary N) is 1. The number of nitrogen functional groups attached to an aromatic ring is 1. The molecule has 1 aromatic heterocycles. The van der Waals surface area contributed by atoms with Crippen LogP contribution >= 0.6 is 0 Å². The average Bonchev–Trinajstić information content (AvgIpc) is 2.63. The third-order valence-electron chi connectivity index (χ3n) is 3.64. The van der Waals surface area contributed by atoms with Crippen molar-refractivity contribution in [2.45, 2.75) is 33.2 Å². The molecule has 2 N–H and O–H groups in total. The first-order chi connectivity index (χ1) is 8.46. The third kappa shape index (κ3) is 3.35. The minimum absolute atomic E-state index is 0.0333. The van der Waals surface area contributed by atoms with E-state index in [1.807, 2.05) is 0 Å². The summed E-state index contributed by atoms with van der Waals surface area (Å²) in [5, 5.41) is 0. The molecule has 0 atom stereocenters. The Morgan fingerprint density at radius 3 is 2.78 bits per heavy atom. The monoisotopic (exact) mass is 249 g/mol. The molecule has 18 heavy (non-hydrogen) atoms. The number of hydrogen-bond donors (Lipinski definition) is 1. The largest absolute Gasteiger partial charge is 0.398 e. The lowest BCUT2D eigenvalue weighted by Crippen LogP contribution is -2.26. The smallest absolute Gasteiger partial charge is 0.250 e. The van der Waals surface area contributed by atoms with E-state index in [2.05, 4.69) is 18.7 Å². The molecule has 1 aliphatic rings. The predicted octanol–water partition coefficient (Wildman–Crippen LogP) is 1.55. The van der Waals surface area contributed by atoms with E-state index in [-0.39, 0.29) is 5.56 Å². The van der Waals surface area contributed by atoms with Gasteiger partial charge >= 0.3 is 0 Å². The first-order valence-electron chi connectivity index (χ1n) is 6.65. The summed E-state index contributed by atoms with van der Waals surface area (Å²) in [6.07, 6.45) is 4.00. The van der Waals surface area contributed by atoms with Crippen LogP contribution in [-0.4, -0.2) is 29.1 Å². The van der Waals surface area contributed by atoms with Gasteiger partial charge in [-0.25, -0.2) is 0 Å². The minimum atomic E-state index is 0.0333. The van der Waals surface area contributed by atoms with E-state index in [0.717, 1.165) is 19.5 Å². The van der Waals surface area contributed by atoms with Crippen LogP contribution in [0.15, 0.2) is 23.1 Å². The lowest BCUT2D eigenvalue weighted by Gasteiger charge is -2.19. The zero-order valence-electron chi connectivity index (χ0n) is 11.4. The molecule has 0 bridgehead atoms. The SMILES string of the molecule is CC1(C)CCN(CCCn2cc(N)ccc2=O)C1. The molecule has 0 aliphatic carbocycles. The molecule has 0 unspecified atom stereocenters. The summed E-state index contributed by atoms with van der Waals surface area (Å²) in [6.45, 7) is 8.79. The topological polar surface area (TPSA) is 51.3 Å². The van der Waals surface area contributed by atoms with E-state index in [1.54, 1.807) is 16.8 Å². The van der Waals surface area contributed by atoms with Gasteiger partial charge in [0.1, 0.15) is 0 Å². The van der Waals surface area contributed by atoms with E-state index in [0.29, 0.717) is 11.1 Å². The number of nitrogens with zero attached hydrogens (tertiary/aromatic N) is 2. The minimum Gasteiger partial charge on any atom is -0.398 e. The fraction of sp³-hybridized carbons (Fsp3) is 0.643. The van der Waals surface area contributed by atoms with Crippen molar-refractivity contribution in [1.82, 2.24) is 9.47 Å². The molecule has 4 heteroatoms. The van der Waals surface area contributed by atoms with Gasteiger partial charge in [0.05, 0.1) is 0 Å². The van der Waals surface area contributed by atoms with E-state index in [1.165, 1.54) is 25.6 Å². The van der Waals surface area contributed by atoms with Crippen molar-refractivity contribution in [2.24, 2.45) is 5.41 Å². The quantitative estimate of drug-likeness (QED) is 0.881. The Kier molecular flexibility index (Phi) is 3.76. The number of aromatic nitrogens is 1. The number of pyridine rings is 1. The molecular weight excluding hydrogens is 226 g/mol. The van der Waals surface area contributed by atoms with Gasteiger partial charge in [0.25, 0.3) is 5.56 Å². The molecule has 1 aliphatic heterocycles. The van der Waals surface area contributed by atoms with Crippen LogP contribution in [0.1, 0.15) is 26.7 Å². The van der Waals surface area contributed by atoms with Gasteiger partial charge in [-0.05, 0) is 37.4 Å². The van der Waals surface area contributed by atoms with E-state index >= 15 is 0 Å². The fourth-order valence-electron chi connectivity index (χ4n) is 2.60. The highest BCUT2D eigenvalue weighted by atomic mass is 16.1. The van der Waals surface area contributed by atoms with Gasteiger partial charge in [0.15, 0.2) is 0 Å². The number of rotatable bonds is 4. The van der Waals surface area contributed by atoms with Crippen LogP contribution in [0.5, 0.6) is 0 Å². The zero-order valence-corrected chi connectivity index (χ0v) is 11.4. The third-order valence-corrected chi connectivity index (χ3v) is 3.64. The van der Waals surface area contributed by atoms with Gasteiger partial charge in [-0.1, -0.05) is 13.8 Å². The first-order valence-corrected chi connectivity index (χ1v) is 6.65. The van der Waals surface area contributed by atoms with Crippen molar-refractivity contribution in [2.75, 3.05) is 25.4 Å². The second-order valence-electron chi connectivity index (χ2n) is 6.04. The van der Waals surface area contributed by atoms with Crippen LogP contribution in [0.2, 0.25) is 0 Å². The molecule has 1 saturated heterocycles. The second kappa shape index (κ2) is 5.14. The van der Waals surface area contributed by atoms with Crippen molar-refractivity contribution in [3.8, 4) is 0 Å². The Morgan fingerprint density at radius 1 is 1.33 bits per heavy atom. The van der Waals surface area contributed by atoms with Crippen LogP contribution < -0.4 is 11.3 Å². The number of likely N-dealkylation sites (tertiary alicyclic amines) is 1. The maximum absolute atomic E-state index is 11.6. The van der Waals surface area contributed by atoms with E-state index in [4.69, 9.17) is 5.73 Å². The van der Waals surface area contributed by atoms with Gasteiger partial charge < -0.3 is 15.2 Å². The number of hydrogen-bond acceptors (Lipinski definition) is 3. The highest BCUT2D eigenvalue weighted by Gasteiger charge is 2.28. The molecule has 2 heterocycles. The highest BCUT2D eigenvalue weighted by Crippen LogP contribution is 2.28. The van der Waals surface area contributed by atoms with Gasteiger partial charge in [0, 0.05) is 31.0 Å². The molecule has 2 rings (SSSR count). The molecule has 0 saturated carbocycles. The fourth-order valence-corrected chi connectivity index (χ4v) is 2.60.